The number of carbonyl (C=O) groups excluding carboxylic acids is 1. The van der Waals surface area contributed by atoms with Crippen LogP contribution in [0.2, 0.25) is 0 Å². The Hall–Kier alpha value is -3.60. The monoisotopic (exact) mass is 425 g/mol. The van der Waals surface area contributed by atoms with E-state index < -0.39 is 0 Å². The van der Waals surface area contributed by atoms with Gasteiger partial charge in [0.1, 0.15) is 0 Å². The Bertz CT molecular complexity index is 1250. The molecule has 162 valence electrons. The third kappa shape index (κ3) is 3.98. The molecule has 4 aromatic rings. The molecule has 1 atom stereocenters. The molecule has 1 unspecified atom stereocenters. The fourth-order valence-corrected chi connectivity index (χ4v) is 4.88. The Morgan fingerprint density at radius 3 is 2.22 bits per heavy atom. The summed E-state index contributed by atoms with van der Waals surface area (Å²) in [5.41, 5.74) is 3.95. The molecule has 1 saturated heterocycles. The van der Waals surface area contributed by atoms with E-state index in [1.165, 1.54) is 0 Å². The van der Waals surface area contributed by atoms with Crippen LogP contribution in [0.4, 0.5) is 0 Å². The molecule has 1 aromatic heterocycles. The average molecular weight is 426 g/mol. The highest BCUT2D eigenvalue weighted by Crippen LogP contribution is 2.29. The number of aromatic amines is 1. The number of nitrogens with one attached hydrogen (secondary N) is 1. The second-order valence-corrected chi connectivity index (χ2v) is 8.53. The molecule has 0 bridgehead atoms. The van der Waals surface area contributed by atoms with Crippen molar-refractivity contribution in [3.63, 3.8) is 0 Å². The molecule has 1 amide bonds. The normalized spacial score (nSPS) is 15.7. The Balaban J connectivity index is 1.34. The minimum atomic E-state index is -0.203. The van der Waals surface area contributed by atoms with Crippen LogP contribution in [0.5, 0.6) is 0 Å². The molecule has 2 heterocycles. The Labute approximate surface area is 187 Å². The first kappa shape index (κ1) is 20.3. The average Bonchev–Trinajstić information content (AvgIpc) is 3.19. The van der Waals surface area contributed by atoms with E-state index in [1.54, 1.807) is 0 Å². The number of carbonyl (C=O) groups is 1. The van der Waals surface area contributed by atoms with Gasteiger partial charge in [0, 0.05) is 19.1 Å². The lowest BCUT2D eigenvalue weighted by atomic mass is 9.90. The molecule has 0 saturated carbocycles. The van der Waals surface area contributed by atoms with Gasteiger partial charge >= 0.3 is 5.69 Å². The number of para-hydroxylation sites is 2. The number of rotatable bonds is 5. The van der Waals surface area contributed by atoms with Crippen LogP contribution >= 0.6 is 0 Å². The molecule has 5 rings (SSSR count). The minimum Gasteiger partial charge on any atom is -0.342 e. The number of H-pyrrole nitrogens is 1. The number of imidazole rings is 1. The summed E-state index contributed by atoms with van der Waals surface area (Å²) < 4.78 is 1.87. The van der Waals surface area contributed by atoms with Crippen LogP contribution in [0, 0.1) is 0 Å². The van der Waals surface area contributed by atoms with Gasteiger partial charge in [0.25, 0.3) is 0 Å². The van der Waals surface area contributed by atoms with Gasteiger partial charge in [-0.25, -0.2) is 4.79 Å². The zero-order chi connectivity index (χ0) is 21.9. The Kier molecular flexibility index (Phi) is 5.63. The third-order valence-corrected chi connectivity index (χ3v) is 6.55. The fraction of sp³-hybridized carbons (Fsp3) is 0.259. The quantitative estimate of drug-likeness (QED) is 0.511. The van der Waals surface area contributed by atoms with E-state index in [0.29, 0.717) is 19.5 Å². The predicted molar refractivity (Wildman–Crippen MR) is 127 cm³/mol. The van der Waals surface area contributed by atoms with E-state index in [9.17, 15) is 9.59 Å². The molecule has 1 N–H and O–H groups in total. The number of hydrogen-bond acceptors (Lipinski definition) is 2. The van der Waals surface area contributed by atoms with Crippen LogP contribution < -0.4 is 5.69 Å². The van der Waals surface area contributed by atoms with E-state index in [4.69, 9.17) is 0 Å². The van der Waals surface area contributed by atoms with Crippen LogP contribution in [-0.4, -0.2) is 33.4 Å². The summed E-state index contributed by atoms with van der Waals surface area (Å²) in [7, 11) is 0. The maximum absolute atomic E-state index is 13.6. The molecule has 1 fully saturated rings. The van der Waals surface area contributed by atoms with Gasteiger partial charge in [-0.3, -0.25) is 9.36 Å². The van der Waals surface area contributed by atoms with Crippen molar-refractivity contribution < 1.29 is 4.79 Å². The van der Waals surface area contributed by atoms with Gasteiger partial charge in [-0.2, -0.15) is 0 Å². The van der Waals surface area contributed by atoms with Crippen molar-refractivity contribution in [1.29, 1.82) is 0 Å². The summed E-state index contributed by atoms with van der Waals surface area (Å²) in [5, 5.41) is 0. The molecule has 1 aliphatic heterocycles. The molecule has 0 aliphatic carbocycles. The smallest absolute Gasteiger partial charge is 0.326 e. The number of piperidine rings is 1. The lowest BCUT2D eigenvalue weighted by Crippen LogP contribution is -2.43. The summed E-state index contributed by atoms with van der Waals surface area (Å²) in [6.07, 6.45) is 2.24. The molecular weight excluding hydrogens is 398 g/mol. The van der Waals surface area contributed by atoms with Gasteiger partial charge < -0.3 is 9.88 Å². The van der Waals surface area contributed by atoms with Crippen molar-refractivity contribution >= 4 is 16.9 Å². The number of amides is 1. The molecule has 5 heteroatoms. The van der Waals surface area contributed by atoms with Crippen LogP contribution in [0.3, 0.4) is 0 Å². The van der Waals surface area contributed by atoms with E-state index in [-0.39, 0.29) is 23.6 Å². The first-order chi connectivity index (χ1) is 15.7. The Morgan fingerprint density at radius 1 is 0.875 bits per heavy atom. The first-order valence-corrected chi connectivity index (χ1v) is 11.3. The van der Waals surface area contributed by atoms with Crippen molar-refractivity contribution in [2.75, 3.05) is 13.1 Å². The minimum absolute atomic E-state index is 0.0674. The zero-order valence-electron chi connectivity index (χ0n) is 18.0. The number of nitrogens with zero attached hydrogens (tertiary/aromatic N) is 2. The van der Waals surface area contributed by atoms with Crippen LogP contribution in [0.15, 0.2) is 89.7 Å². The highest BCUT2D eigenvalue weighted by Gasteiger charge is 2.30. The lowest BCUT2D eigenvalue weighted by Gasteiger charge is -2.35. The van der Waals surface area contributed by atoms with E-state index in [0.717, 1.165) is 35.0 Å². The maximum atomic E-state index is 13.6. The molecular formula is C27H27N3O2. The Morgan fingerprint density at radius 2 is 1.50 bits per heavy atom. The molecule has 5 nitrogen and oxygen atoms in total. The number of aromatic nitrogens is 2. The van der Waals surface area contributed by atoms with Crippen molar-refractivity contribution in [3.05, 3.63) is 107 Å². The van der Waals surface area contributed by atoms with E-state index >= 15 is 0 Å². The molecule has 0 spiro atoms. The SMILES string of the molecule is O=C(C(Cc1ccccc1)c1ccccc1)N1CCC(n2c(=O)[nH]c3ccccc32)CC1. The summed E-state index contributed by atoms with van der Waals surface area (Å²) in [5.74, 6) is -0.0317. The van der Waals surface area contributed by atoms with Gasteiger partial charge in [-0.1, -0.05) is 72.8 Å². The van der Waals surface area contributed by atoms with Gasteiger partial charge in [0.2, 0.25) is 5.91 Å². The van der Waals surface area contributed by atoms with Crippen LogP contribution in [0.1, 0.15) is 35.9 Å². The van der Waals surface area contributed by atoms with Gasteiger partial charge in [0.05, 0.1) is 17.0 Å². The first-order valence-electron chi connectivity index (χ1n) is 11.3. The summed E-state index contributed by atoms with van der Waals surface area (Å²) in [6.45, 7) is 1.32. The number of likely N-dealkylation sites (tertiary alicyclic amines) is 1. The number of benzene rings is 3. The number of fused-ring (bicyclic) bond motifs is 1. The van der Waals surface area contributed by atoms with Crippen molar-refractivity contribution in [1.82, 2.24) is 14.5 Å². The van der Waals surface area contributed by atoms with Gasteiger partial charge in [0.15, 0.2) is 0 Å². The topological polar surface area (TPSA) is 58.1 Å². The molecule has 32 heavy (non-hydrogen) atoms. The van der Waals surface area contributed by atoms with Crippen molar-refractivity contribution in [2.24, 2.45) is 0 Å². The second kappa shape index (κ2) is 8.87. The standard InChI is InChI=1S/C27H27N3O2/c31-26(23(21-11-5-2-6-12-21)19-20-9-3-1-4-10-20)29-17-15-22(16-18-29)30-25-14-8-7-13-24(25)28-27(30)32/h1-14,22-23H,15-19H2,(H,28,32). The van der Waals surface area contributed by atoms with Crippen molar-refractivity contribution in [3.8, 4) is 0 Å². The van der Waals surface area contributed by atoms with E-state index in [2.05, 4.69) is 17.1 Å². The molecule has 3 aromatic carbocycles. The van der Waals surface area contributed by atoms with E-state index in [1.807, 2.05) is 82.3 Å². The van der Waals surface area contributed by atoms with Crippen LogP contribution in [-0.2, 0) is 11.2 Å². The maximum Gasteiger partial charge on any atom is 0.326 e. The number of hydrogen-bond donors (Lipinski definition) is 1. The summed E-state index contributed by atoms with van der Waals surface area (Å²) in [6, 6.07) is 28.2. The fourth-order valence-electron chi connectivity index (χ4n) is 4.88. The third-order valence-electron chi connectivity index (χ3n) is 6.55. The van der Waals surface area contributed by atoms with Crippen molar-refractivity contribution in [2.45, 2.75) is 31.2 Å². The second-order valence-electron chi connectivity index (χ2n) is 8.53. The highest BCUT2D eigenvalue weighted by atomic mass is 16.2. The lowest BCUT2D eigenvalue weighted by molar-refractivity contribution is -0.134. The van der Waals surface area contributed by atoms with Crippen LogP contribution in [0.25, 0.3) is 11.0 Å². The highest BCUT2D eigenvalue weighted by molar-refractivity contribution is 5.84. The zero-order valence-corrected chi connectivity index (χ0v) is 18.0. The predicted octanol–water partition coefficient (Wildman–Crippen LogP) is 4.52. The largest absolute Gasteiger partial charge is 0.342 e. The molecule has 1 aliphatic rings. The summed E-state index contributed by atoms with van der Waals surface area (Å²) in [4.78, 5) is 31.1. The van der Waals surface area contributed by atoms with Gasteiger partial charge in [-0.05, 0) is 42.5 Å². The summed E-state index contributed by atoms with van der Waals surface area (Å²) >= 11 is 0. The van der Waals surface area contributed by atoms with Gasteiger partial charge in [-0.15, -0.1) is 0 Å². The molecule has 0 radical (unpaired) electrons.